The minimum absolute atomic E-state index is 0.0978. The maximum Gasteiger partial charge on any atom is 0.151 e. The second-order valence-corrected chi connectivity index (χ2v) is 5.87. The van der Waals surface area contributed by atoms with Crippen molar-refractivity contribution < 1.29 is 14.6 Å². The third-order valence-electron chi connectivity index (χ3n) is 5.25. The standard InChI is InChI=1S/C13H21NO3/c1-7-9(5-15)8-3-12-13(16)4-11(14(12)2)10(8)6-17-7/h7-12,15H,3-6H2,1-2H3/t7-,8-,9+,10+,11-,12-/m0/s1. The lowest BCUT2D eigenvalue weighted by Gasteiger charge is -2.49. The van der Waals surface area contributed by atoms with E-state index in [2.05, 4.69) is 11.9 Å². The van der Waals surface area contributed by atoms with Gasteiger partial charge in [0.1, 0.15) is 0 Å². The lowest BCUT2D eigenvalue weighted by Crippen LogP contribution is -2.55. The van der Waals surface area contributed by atoms with Gasteiger partial charge in [-0.2, -0.15) is 0 Å². The molecule has 3 saturated heterocycles. The van der Waals surface area contributed by atoms with Gasteiger partial charge in [-0.25, -0.2) is 0 Å². The Kier molecular flexibility index (Phi) is 2.76. The summed E-state index contributed by atoms with van der Waals surface area (Å²) in [7, 11) is 2.06. The summed E-state index contributed by atoms with van der Waals surface area (Å²) in [5, 5.41) is 9.55. The molecule has 4 heteroatoms. The highest BCUT2D eigenvalue weighted by atomic mass is 16.5. The molecule has 0 spiro atoms. The number of rotatable bonds is 1. The Morgan fingerprint density at radius 2 is 2.24 bits per heavy atom. The maximum absolute atomic E-state index is 11.9. The van der Waals surface area contributed by atoms with Crippen LogP contribution in [0.3, 0.4) is 0 Å². The van der Waals surface area contributed by atoms with Crippen molar-refractivity contribution in [2.75, 3.05) is 20.3 Å². The van der Waals surface area contributed by atoms with E-state index in [0.717, 1.165) is 13.0 Å². The van der Waals surface area contributed by atoms with Crippen LogP contribution in [0.4, 0.5) is 0 Å². The van der Waals surface area contributed by atoms with Crippen molar-refractivity contribution in [3.63, 3.8) is 0 Å². The molecular formula is C13H21NO3. The predicted molar refractivity (Wildman–Crippen MR) is 62.5 cm³/mol. The van der Waals surface area contributed by atoms with E-state index in [1.54, 1.807) is 0 Å². The predicted octanol–water partition coefficient (Wildman–Crippen LogP) is 0.292. The average molecular weight is 239 g/mol. The van der Waals surface area contributed by atoms with Crippen LogP contribution in [0.1, 0.15) is 19.8 Å². The molecular weight excluding hydrogens is 218 g/mol. The molecule has 0 aromatic heterocycles. The van der Waals surface area contributed by atoms with Crippen molar-refractivity contribution in [2.45, 2.75) is 38.0 Å². The number of piperidine rings is 1. The Bertz CT molecular complexity index is 333. The minimum atomic E-state index is 0.0978. The van der Waals surface area contributed by atoms with E-state index >= 15 is 0 Å². The summed E-state index contributed by atoms with van der Waals surface area (Å²) in [6.07, 6.45) is 1.72. The van der Waals surface area contributed by atoms with Crippen molar-refractivity contribution >= 4 is 5.78 Å². The minimum Gasteiger partial charge on any atom is -0.396 e. The summed E-state index contributed by atoms with van der Waals surface area (Å²) < 4.78 is 5.79. The number of hydrogen-bond donors (Lipinski definition) is 1. The Morgan fingerprint density at radius 1 is 1.47 bits per heavy atom. The number of nitrogens with zero attached hydrogens (tertiary/aromatic N) is 1. The van der Waals surface area contributed by atoms with Gasteiger partial charge in [0.05, 0.1) is 18.8 Å². The molecule has 17 heavy (non-hydrogen) atoms. The zero-order valence-electron chi connectivity index (χ0n) is 10.5. The Labute approximate surface area is 102 Å². The van der Waals surface area contributed by atoms with Crippen molar-refractivity contribution in [1.29, 1.82) is 0 Å². The molecule has 0 saturated carbocycles. The first-order valence-electron chi connectivity index (χ1n) is 6.60. The Hall–Kier alpha value is -0.450. The molecule has 0 aliphatic carbocycles. The van der Waals surface area contributed by atoms with Gasteiger partial charge in [-0.15, -0.1) is 0 Å². The number of ether oxygens (including phenoxy) is 1. The van der Waals surface area contributed by atoms with Crippen molar-refractivity contribution in [3.05, 3.63) is 0 Å². The molecule has 3 aliphatic rings. The van der Waals surface area contributed by atoms with Crippen molar-refractivity contribution in [3.8, 4) is 0 Å². The van der Waals surface area contributed by atoms with Gasteiger partial charge in [0.2, 0.25) is 0 Å². The molecule has 3 fully saturated rings. The molecule has 4 nitrogen and oxygen atoms in total. The van der Waals surface area contributed by atoms with Crippen LogP contribution in [0.2, 0.25) is 0 Å². The lowest BCUT2D eigenvalue weighted by molar-refractivity contribution is -0.137. The second-order valence-electron chi connectivity index (χ2n) is 5.87. The monoisotopic (exact) mass is 239 g/mol. The van der Waals surface area contributed by atoms with E-state index in [9.17, 15) is 9.90 Å². The van der Waals surface area contributed by atoms with E-state index in [4.69, 9.17) is 4.74 Å². The topological polar surface area (TPSA) is 49.8 Å². The maximum atomic E-state index is 11.9. The Morgan fingerprint density at radius 3 is 2.94 bits per heavy atom. The molecule has 0 radical (unpaired) electrons. The summed E-state index contributed by atoms with van der Waals surface area (Å²) in [4.78, 5) is 14.2. The fourth-order valence-corrected chi connectivity index (χ4v) is 4.16. The first kappa shape index (κ1) is 11.6. The summed E-state index contributed by atoms with van der Waals surface area (Å²) in [6.45, 7) is 2.97. The molecule has 0 amide bonds. The first-order chi connectivity index (χ1) is 8.13. The quantitative estimate of drug-likeness (QED) is 0.714. The number of ketones is 1. The number of hydrogen-bond acceptors (Lipinski definition) is 4. The van der Waals surface area contributed by atoms with Gasteiger partial charge in [-0.1, -0.05) is 0 Å². The normalized spacial score (nSPS) is 50.4. The zero-order chi connectivity index (χ0) is 12.2. The number of carbonyl (C=O) groups excluding carboxylic acids is 1. The van der Waals surface area contributed by atoms with Crippen LogP contribution in [0.25, 0.3) is 0 Å². The third-order valence-corrected chi connectivity index (χ3v) is 5.25. The fourth-order valence-electron chi connectivity index (χ4n) is 4.16. The van der Waals surface area contributed by atoms with Gasteiger partial charge in [0.25, 0.3) is 0 Å². The molecule has 3 rings (SSSR count). The molecule has 0 unspecified atom stereocenters. The van der Waals surface area contributed by atoms with Crippen LogP contribution >= 0.6 is 0 Å². The first-order valence-corrected chi connectivity index (χ1v) is 6.60. The fraction of sp³-hybridized carbons (Fsp3) is 0.923. The van der Waals surface area contributed by atoms with Crippen LogP contribution in [-0.4, -0.2) is 54.2 Å². The van der Waals surface area contributed by atoms with Gasteiger partial charge in [-0.3, -0.25) is 9.69 Å². The van der Waals surface area contributed by atoms with Gasteiger partial charge < -0.3 is 9.84 Å². The van der Waals surface area contributed by atoms with Gasteiger partial charge in [0, 0.05) is 30.9 Å². The molecule has 2 bridgehead atoms. The smallest absolute Gasteiger partial charge is 0.151 e. The third kappa shape index (κ3) is 1.58. The van der Waals surface area contributed by atoms with Crippen molar-refractivity contribution in [2.24, 2.45) is 17.8 Å². The van der Waals surface area contributed by atoms with Gasteiger partial charge in [-0.05, 0) is 26.3 Å². The van der Waals surface area contributed by atoms with Crippen LogP contribution in [0, 0.1) is 17.8 Å². The number of carbonyl (C=O) groups is 1. The second kappa shape index (κ2) is 4.04. The van der Waals surface area contributed by atoms with Crippen LogP contribution in [0.15, 0.2) is 0 Å². The summed E-state index contributed by atoms with van der Waals surface area (Å²) in [5.74, 6) is 1.48. The van der Waals surface area contributed by atoms with E-state index in [1.165, 1.54) is 0 Å². The zero-order valence-corrected chi connectivity index (χ0v) is 10.5. The number of fused-ring (bicyclic) bond motifs is 4. The highest BCUT2D eigenvalue weighted by Gasteiger charge is 2.53. The molecule has 0 aromatic carbocycles. The number of aliphatic hydroxyl groups is 1. The SMILES string of the molecule is C[C@@H]1OC[C@@H]2[C@@H](C[C@H]3C(=O)C[C@@H]2N3C)[C@@H]1CO. The van der Waals surface area contributed by atoms with E-state index in [1.807, 2.05) is 6.92 Å². The van der Waals surface area contributed by atoms with E-state index in [0.29, 0.717) is 30.1 Å². The molecule has 6 atom stereocenters. The summed E-state index contributed by atoms with van der Waals surface area (Å²) in [5.41, 5.74) is 0. The molecule has 3 heterocycles. The number of Topliss-reactive ketones (excluding diaryl/α,β-unsaturated/α-hetero) is 1. The van der Waals surface area contributed by atoms with Crippen LogP contribution in [-0.2, 0) is 9.53 Å². The molecule has 0 aromatic rings. The Balaban J connectivity index is 1.88. The van der Waals surface area contributed by atoms with Gasteiger partial charge in [0.15, 0.2) is 5.78 Å². The molecule has 96 valence electrons. The number of aliphatic hydroxyl groups excluding tert-OH is 1. The van der Waals surface area contributed by atoms with Gasteiger partial charge >= 0.3 is 0 Å². The molecule has 3 aliphatic heterocycles. The van der Waals surface area contributed by atoms with Crippen LogP contribution in [0.5, 0.6) is 0 Å². The lowest BCUT2D eigenvalue weighted by atomic mass is 9.70. The van der Waals surface area contributed by atoms with Crippen LogP contribution < -0.4 is 0 Å². The average Bonchev–Trinajstić information content (AvgIpc) is 2.50. The summed E-state index contributed by atoms with van der Waals surface area (Å²) >= 11 is 0. The van der Waals surface area contributed by atoms with Crippen molar-refractivity contribution in [1.82, 2.24) is 4.90 Å². The van der Waals surface area contributed by atoms with E-state index in [-0.39, 0.29) is 24.7 Å². The molecule has 1 N–H and O–H groups in total. The largest absolute Gasteiger partial charge is 0.396 e. The highest BCUT2D eigenvalue weighted by molar-refractivity contribution is 5.87. The highest BCUT2D eigenvalue weighted by Crippen LogP contribution is 2.46. The summed E-state index contributed by atoms with van der Waals surface area (Å²) in [6, 6.07) is 0.438. The number of likely N-dealkylation sites (N-methyl/N-ethyl adjacent to an activating group) is 1. The van der Waals surface area contributed by atoms with E-state index < -0.39 is 0 Å².